The number of hydrogen-bond acceptors (Lipinski definition) is 2. The Morgan fingerprint density at radius 3 is 2.71 bits per heavy atom. The van der Waals surface area contributed by atoms with Gasteiger partial charge in [0.1, 0.15) is 6.33 Å². The summed E-state index contributed by atoms with van der Waals surface area (Å²) in [7, 11) is 1.87. The summed E-state index contributed by atoms with van der Waals surface area (Å²) in [5.41, 5.74) is 0. The summed E-state index contributed by atoms with van der Waals surface area (Å²) in [6, 6.07) is 0. The van der Waals surface area contributed by atoms with Crippen LogP contribution in [0.15, 0.2) is 6.33 Å². The molecule has 0 aliphatic heterocycles. The normalized spacial score (nSPS) is 9.29. The number of nitrogens with zero attached hydrogens (tertiary/aromatic N) is 3. The van der Waals surface area contributed by atoms with E-state index in [2.05, 4.69) is 10.1 Å². The number of aryl methyl sites for hydroxylation is 1. The lowest BCUT2D eigenvalue weighted by atomic mass is 11.2. The van der Waals surface area contributed by atoms with Crippen LogP contribution in [0.3, 0.4) is 0 Å². The Balaban J connectivity index is 3.04. The zero-order valence-electron chi connectivity index (χ0n) is 4.42. The molecule has 0 unspecified atom stereocenters. The molecule has 0 radical (unpaired) electrons. The van der Waals surface area contributed by atoms with E-state index in [9.17, 15) is 0 Å². The van der Waals surface area contributed by atoms with Gasteiger partial charge < -0.3 is 0 Å². The second-order valence-electron chi connectivity index (χ2n) is 1.47. The largest absolute Gasteiger partial charge is 0.324 e. The molecule has 36 valence electrons. The van der Waals surface area contributed by atoms with Gasteiger partial charge in [0.25, 0.3) is 0 Å². The van der Waals surface area contributed by atoms with E-state index in [4.69, 9.17) is 0 Å². The van der Waals surface area contributed by atoms with Crippen LogP contribution in [0.4, 0.5) is 0 Å². The second-order valence-corrected chi connectivity index (χ2v) is 2.36. The number of rotatable bonds is 0. The lowest BCUT2D eigenvalue weighted by Gasteiger charge is -1.77. The van der Waals surface area contributed by atoms with Gasteiger partial charge >= 0.3 is 16.3 Å². The Bertz CT molecular complexity index is 142. The summed E-state index contributed by atoms with van der Waals surface area (Å²) in [5, 5.41) is 3.98. The Kier molecular flexibility index (Phi) is 1.13. The summed E-state index contributed by atoms with van der Waals surface area (Å²) in [6.07, 6.45) is 1.71. The maximum Gasteiger partial charge on any atom is 0.324 e. The van der Waals surface area contributed by atoms with Gasteiger partial charge in [-0.1, -0.05) is 0 Å². The second kappa shape index (κ2) is 1.65. The predicted molar refractivity (Wildman–Crippen MR) is 29.2 cm³/mol. The van der Waals surface area contributed by atoms with Crippen molar-refractivity contribution < 1.29 is 0 Å². The quantitative estimate of drug-likeness (QED) is 0.365. The molecule has 7 heavy (non-hydrogen) atoms. The molecule has 3 nitrogen and oxygen atoms in total. The average Bonchev–Trinajstić information content (AvgIpc) is 1.87. The van der Waals surface area contributed by atoms with Crippen LogP contribution in [-0.4, -0.2) is 31.1 Å². The van der Waals surface area contributed by atoms with E-state index in [0.717, 1.165) is 21.0 Å². The molecule has 1 rings (SSSR count). The third-order valence-corrected chi connectivity index (χ3v) is 1.17. The van der Waals surface area contributed by atoms with Crippen LogP contribution < -0.4 is 4.69 Å². The van der Waals surface area contributed by atoms with Crippen LogP contribution in [0.25, 0.3) is 0 Å². The molecular formula is C3H6AlN3. The molecule has 0 aliphatic rings. The van der Waals surface area contributed by atoms with Crippen LogP contribution in [0.2, 0.25) is 0 Å². The first-order valence-electron chi connectivity index (χ1n) is 2.11. The highest BCUT2D eigenvalue weighted by molar-refractivity contribution is 6.28. The highest BCUT2D eigenvalue weighted by Crippen LogP contribution is 1.61. The molecular weight excluding hydrogens is 105 g/mol. The highest BCUT2D eigenvalue weighted by atomic mass is 27.0. The van der Waals surface area contributed by atoms with Crippen molar-refractivity contribution in [2.75, 3.05) is 0 Å². The molecule has 0 saturated heterocycles. The van der Waals surface area contributed by atoms with E-state index in [-0.39, 0.29) is 0 Å². The van der Waals surface area contributed by atoms with E-state index in [1.165, 1.54) is 0 Å². The third kappa shape index (κ3) is 1.02. The topological polar surface area (TPSA) is 30.7 Å². The minimum atomic E-state index is 0.952. The summed E-state index contributed by atoms with van der Waals surface area (Å²) >= 11 is 0.952. The molecule has 4 heteroatoms. The molecule has 0 fully saturated rings. The number of aromatic nitrogens is 3. The van der Waals surface area contributed by atoms with Crippen molar-refractivity contribution in [1.82, 2.24) is 14.8 Å². The zero-order valence-corrected chi connectivity index (χ0v) is 6.42. The summed E-state index contributed by atoms with van der Waals surface area (Å²) in [4.78, 5) is 3.93. The molecule has 0 aromatic carbocycles. The maximum absolute atomic E-state index is 3.98. The van der Waals surface area contributed by atoms with E-state index in [1.54, 1.807) is 11.0 Å². The zero-order chi connectivity index (χ0) is 5.28. The summed E-state index contributed by atoms with van der Waals surface area (Å²) < 4.78 is 2.67. The van der Waals surface area contributed by atoms with Gasteiger partial charge in [-0.2, -0.15) is 5.10 Å². The van der Waals surface area contributed by atoms with E-state index >= 15 is 0 Å². The van der Waals surface area contributed by atoms with Crippen LogP contribution in [0.5, 0.6) is 0 Å². The summed E-state index contributed by atoms with van der Waals surface area (Å²) in [6.45, 7) is 0. The molecule has 0 bridgehead atoms. The van der Waals surface area contributed by atoms with Crippen LogP contribution in [0.1, 0.15) is 0 Å². The molecule has 1 aromatic rings. The van der Waals surface area contributed by atoms with Crippen LogP contribution >= 0.6 is 0 Å². The predicted octanol–water partition coefficient (Wildman–Crippen LogP) is -1.93. The van der Waals surface area contributed by atoms with E-state index < -0.39 is 0 Å². The fraction of sp³-hybridized carbons (Fsp3) is 0.333. The number of hydrogen-bond donors (Lipinski definition) is 0. The van der Waals surface area contributed by atoms with E-state index in [1.807, 2.05) is 7.05 Å². The van der Waals surface area contributed by atoms with Gasteiger partial charge in [0.2, 0.25) is 0 Å². The maximum atomic E-state index is 3.98. The van der Waals surface area contributed by atoms with Gasteiger partial charge in [0.15, 0.2) is 0 Å². The first-order chi connectivity index (χ1) is 3.29. The molecule has 0 spiro atoms. The van der Waals surface area contributed by atoms with Gasteiger partial charge in [0, 0.05) is 7.05 Å². The van der Waals surface area contributed by atoms with Crippen molar-refractivity contribution in [2.24, 2.45) is 7.05 Å². The fourth-order valence-corrected chi connectivity index (χ4v) is 0.878. The standard InChI is InChI=1S/C3H4N3.Al.2H/c1-6-3-4-2-5-6;;;/h3H,1H3;;;. The van der Waals surface area contributed by atoms with Gasteiger partial charge in [0.05, 0.1) is 4.69 Å². The Morgan fingerprint density at radius 1 is 1.86 bits per heavy atom. The van der Waals surface area contributed by atoms with Crippen molar-refractivity contribution in [3.63, 3.8) is 0 Å². The van der Waals surface area contributed by atoms with Crippen LogP contribution in [0, 0.1) is 0 Å². The van der Waals surface area contributed by atoms with Crippen molar-refractivity contribution >= 4 is 21.0 Å². The third-order valence-electron chi connectivity index (χ3n) is 0.714. The fourth-order valence-electron chi connectivity index (χ4n) is 0.447. The average molecular weight is 111 g/mol. The molecule has 0 amide bonds. The van der Waals surface area contributed by atoms with Crippen molar-refractivity contribution in [2.45, 2.75) is 0 Å². The summed E-state index contributed by atoms with van der Waals surface area (Å²) in [5.74, 6) is 0. The van der Waals surface area contributed by atoms with Gasteiger partial charge in [-0.3, -0.25) is 4.68 Å². The van der Waals surface area contributed by atoms with Gasteiger partial charge in [-0.25, -0.2) is 4.98 Å². The first-order valence-corrected chi connectivity index (χ1v) is 3.11. The van der Waals surface area contributed by atoms with Crippen molar-refractivity contribution in [1.29, 1.82) is 0 Å². The smallest absolute Gasteiger partial charge is 0.257 e. The van der Waals surface area contributed by atoms with Crippen LogP contribution in [-0.2, 0) is 7.05 Å². The van der Waals surface area contributed by atoms with Gasteiger partial charge in [-0.15, -0.1) is 0 Å². The molecule has 0 N–H and O–H groups in total. The Hall–Kier alpha value is -0.328. The molecule has 1 heterocycles. The van der Waals surface area contributed by atoms with Gasteiger partial charge in [-0.05, 0) is 0 Å². The van der Waals surface area contributed by atoms with Crippen molar-refractivity contribution in [3.05, 3.63) is 6.33 Å². The minimum absolute atomic E-state index is 0.952. The first kappa shape index (κ1) is 4.82. The highest BCUT2D eigenvalue weighted by Gasteiger charge is 1.83. The lowest BCUT2D eigenvalue weighted by molar-refractivity contribution is 0.772. The SMILES string of the molecule is Cn1cn[c]([AlH2])n1. The molecule has 0 atom stereocenters. The molecule has 0 aliphatic carbocycles. The van der Waals surface area contributed by atoms with Crippen molar-refractivity contribution in [3.8, 4) is 0 Å². The lowest BCUT2D eigenvalue weighted by Crippen LogP contribution is -2.07. The monoisotopic (exact) mass is 111 g/mol. The minimum Gasteiger partial charge on any atom is -0.257 e. The Morgan fingerprint density at radius 2 is 2.57 bits per heavy atom. The molecule has 0 saturated carbocycles. The molecule has 1 aromatic heterocycles. The Labute approximate surface area is 49.8 Å². The van der Waals surface area contributed by atoms with E-state index in [0.29, 0.717) is 0 Å².